The normalized spacial score (nSPS) is 19.9. The third kappa shape index (κ3) is 3.56. The van der Waals surface area contributed by atoms with Gasteiger partial charge in [-0.25, -0.2) is 0 Å². The van der Waals surface area contributed by atoms with E-state index < -0.39 is 6.36 Å². The van der Waals surface area contributed by atoms with E-state index >= 15 is 0 Å². The fourth-order valence-corrected chi connectivity index (χ4v) is 2.60. The van der Waals surface area contributed by atoms with Gasteiger partial charge < -0.3 is 9.64 Å². The summed E-state index contributed by atoms with van der Waals surface area (Å²) in [6, 6.07) is 3.77. The Morgan fingerprint density at radius 2 is 2.11 bits per heavy atom. The summed E-state index contributed by atoms with van der Waals surface area (Å²) in [4.78, 5) is 13.1. The molecule has 1 aliphatic rings. The number of amides is 1. The zero-order valence-corrected chi connectivity index (χ0v) is 11.9. The van der Waals surface area contributed by atoms with Gasteiger partial charge >= 0.3 is 6.36 Å². The molecule has 0 aliphatic carbocycles. The molecule has 0 bridgehead atoms. The maximum absolute atomic E-state index is 12.2. The Bertz CT molecular complexity index is 509. The molecule has 0 aromatic heterocycles. The van der Waals surface area contributed by atoms with Gasteiger partial charge in [0.25, 0.3) is 0 Å². The number of thiol groups is 1. The molecular weight excluding hydrogens is 347 g/mol. The summed E-state index contributed by atoms with van der Waals surface area (Å²) in [5, 5.41) is -0.119. The molecule has 0 radical (unpaired) electrons. The molecule has 19 heavy (non-hydrogen) atoms. The van der Waals surface area contributed by atoms with Crippen LogP contribution in [0.4, 0.5) is 18.9 Å². The summed E-state index contributed by atoms with van der Waals surface area (Å²) in [5.74, 6) is -0.536. The van der Waals surface area contributed by atoms with Crippen LogP contribution in [-0.2, 0) is 4.79 Å². The second-order valence-electron chi connectivity index (χ2n) is 4.02. The second-order valence-corrected chi connectivity index (χ2v) is 5.61. The van der Waals surface area contributed by atoms with Crippen molar-refractivity contribution in [1.29, 1.82) is 0 Å². The summed E-state index contributed by atoms with van der Waals surface area (Å²) in [7, 11) is 0. The van der Waals surface area contributed by atoms with E-state index in [0.717, 1.165) is 0 Å². The van der Waals surface area contributed by atoms with Crippen LogP contribution in [0, 0.1) is 0 Å². The highest BCUT2D eigenvalue weighted by Gasteiger charge is 2.33. The number of hydrogen-bond acceptors (Lipinski definition) is 3. The van der Waals surface area contributed by atoms with Gasteiger partial charge in [-0.2, -0.15) is 12.6 Å². The minimum atomic E-state index is -4.76. The summed E-state index contributed by atoms with van der Waals surface area (Å²) in [6.07, 6.45) is -4.49. The molecule has 1 heterocycles. The quantitative estimate of drug-likeness (QED) is 0.824. The number of anilines is 1. The number of halogens is 4. The molecule has 1 saturated heterocycles. The van der Waals surface area contributed by atoms with Crippen molar-refractivity contribution in [3.8, 4) is 5.75 Å². The average molecular weight is 356 g/mol. The highest BCUT2D eigenvalue weighted by Crippen LogP contribution is 2.35. The fourth-order valence-electron chi connectivity index (χ4n) is 1.82. The molecule has 0 spiro atoms. The topological polar surface area (TPSA) is 29.5 Å². The van der Waals surface area contributed by atoms with Crippen molar-refractivity contribution < 1.29 is 22.7 Å². The number of nitrogens with zero attached hydrogens (tertiary/aromatic N) is 1. The van der Waals surface area contributed by atoms with Crippen LogP contribution < -0.4 is 9.64 Å². The van der Waals surface area contributed by atoms with Gasteiger partial charge in [0, 0.05) is 28.8 Å². The highest BCUT2D eigenvalue weighted by atomic mass is 79.9. The summed E-state index contributed by atoms with van der Waals surface area (Å²) in [6.45, 7) is 0.357. The number of rotatable bonds is 2. The minimum absolute atomic E-state index is 0.119. The predicted molar refractivity (Wildman–Crippen MR) is 70.6 cm³/mol. The monoisotopic (exact) mass is 355 g/mol. The molecule has 3 nitrogen and oxygen atoms in total. The fraction of sp³-hybridized carbons (Fsp3) is 0.364. The van der Waals surface area contributed by atoms with Crippen LogP contribution in [0.3, 0.4) is 0 Å². The first-order valence-corrected chi connectivity index (χ1v) is 6.61. The van der Waals surface area contributed by atoms with Gasteiger partial charge in [-0.1, -0.05) is 0 Å². The van der Waals surface area contributed by atoms with Crippen LogP contribution in [0.1, 0.15) is 6.42 Å². The number of carbonyl (C=O) groups is 1. The van der Waals surface area contributed by atoms with Crippen molar-refractivity contribution in [1.82, 2.24) is 0 Å². The Balaban J connectivity index is 2.30. The van der Waals surface area contributed by atoms with Gasteiger partial charge in [0.15, 0.2) is 0 Å². The van der Waals surface area contributed by atoms with Crippen LogP contribution in [0.5, 0.6) is 5.75 Å². The van der Waals surface area contributed by atoms with Gasteiger partial charge in [-0.05, 0) is 28.1 Å². The second kappa shape index (κ2) is 5.24. The molecule has 1 aromatic rings. The van der Waals surface area contributed by atoms with Crippen molar-refractivity contribution in [2.24, 2.45) is 0 Å². The first-order valence-electron chi connectivity index (χ1n) is 5.30. The van der Waals surface area contributed by atoms with Crippen LogP contribution in [-0.4, -0.2) is 24.1 Å². The molecule has 2 rings (SSSR count). The molecule has 1 aliphatic heterocycles. The lowest BCUT2D eigenvalue weighted by molar-refractivity contribution is -0.274. The van der Waals surface area contributed by atoms with Crippen LogP contribution in [0.2, 0.25) is 0 Å². The standard InChI is InChI=1S/C11H9BrF3NO2S/c12-8-2-1-6(18-11(13,14)15)3-9(8)16-5-7(19)4-10(16)17/h1-3,7,19H,4-5H2. The van der Waals surface area contributed by atoms with Crippen LogP contribution in [0.25, 0.3) is 0 Å². The summed E-state index contributed by atoms with van der Waals surface area (Å²) < 4.78 is 40.9. The van der Waals surface area contributed by atoms with Crippen LogP contribution >= 0.6 is 28.6 Å². The molecular formula is C11H9BrF3NO2S. The molecule has 1 atom stereocenters. The van der Waals surface area contributed by atoms with Crippen molar-refractivity contribution >= 4 is 40.2 Å². The molecule has 104 valence electrons. The first kappa shape index (κ1) is 14.5. The third-order valence-corrected chi connectivity index (χ3v) is 3.56. The number of ether oxygens (including phenoxy) is 1. The van der Waals surface area contributed by atoms with Crippen molar-refractivity contribution in [3.63, 3.8) is 0 Å². The van der Waals surface area contributed by atoms with Crippen LogP contribution in [0.15, 0.2) is 22.7 Å². The number of carbonyl (C=O) groups excluding carboxylic acids is 1. The van der Waals surface area contributed by atoms with E-state index in [4.69, 9.17) is 0 Å². The Labute approximate surface area is 121 Å². The molecule has 1 unspecified atom stereocenters. The Kier molecular flexibility index (Phi) is 4.00. The summed E-state index contributed by atoms with van der Waals surface area (Å²) >= 11 is 7.41. The minimum Gasteiger partial charge on any atom is -0.406 e. The molecule has 8 heteroatoms. The maximum Gasteiger partial charge on any atom is 0.573 e. The lowest BCUT2D eigenvalue weighted by Gasteiger charge is -2.19. The Morgan fingerprint density at radius 1 is 1.42 bits per heavy atom. The van der Waals surface area contributed by atoms with E-state index in [-0.39, 0.29) is 23.3 Å². The number of benzene rings is 1. The highest BCUT2D eigenvalue weighted by molar-refractivity contribution is 9.10. The van der Waals surface area contributed by atoms with E-state index in [9.17, 15) is 18.0 Å². The maximum atomic E-state index is 12.2. The predicted octanol–water partition coefficient (Wildman–Crippen LogP) is 3.38. The zero-order chi connectivity index (χ0) is 14.2. The lowest BCUT2D eigenvalue weighted by atomic mass is 10.3. The van der Waals surface area contributed by atoms with Gasteiger partial charge in [0.1, 0.15) is 5.75 Å². The molecule has 1 aromatic carbocycles. The zero-order valence-electron chi connectivity index (χ0n) is 9.45. The first-order chi connectivity index (χ1) is 8.76. The summed E-state index contributed by atoms with van der Waals surface area (Å²) in [5.41, 5.74) is 0.350. The molecule has 1 amide bonds. The number of alkyl halides is 3. The Morgan fingerprint density at radius 3 is 2.63 bits per heavy atom. The number of hydrogen-bond donors (Lipinski definition) is 1. The van der Waals surface area contributed by atoms with Gasteiger partial charge in [-0.15, -0.1) is 13.2 Å². The Hall–Kier alpha value is -0.890. The van der Waals surface area contributed by atoms with Gasteiger partial charge in [0.2, 0.25) is 5.91 Å². The molecule has 0 N–H and O–H groups in total. The average Bonchev–Trinajstić information content (AvgIpc) is 2.58. The van der Waals surface area contributed by atoms with Crippen molar-refractivity contribution in [2.75, 3.05) is 11.4 Å². The molecule has 1 fully saturated rings. The molecule has 0 saturated carbocycles. The van der Waals surface area contributed by atoms with E-state index in [1.165, 1.54) is 23.1 Å². The van der Waals surface area contributed by atoms with E-state index in [1.807, 2.05) is 0 Å². The SMILES string of the molecule is O=C1CC(S)CN1c1cc(OC(F)(F)F)ccc1Br. The lowest BCUT2D eigenvalue weighted by Crippen LogP contribution is -2.25. The van der Waals surface area contributed by atoms with E-state index in [2.05, 4.69) is 33.3 Å². The van der Waals surface area contributed by atoms with Gasteiger partial charge in [0.05, 0.1) is 5.69 Å². The van der Waals surface area contributed by atoms with E-state index in [1.54, 1.807) is 0 Å². The van der Waals surface area contributed by atoms with E-state index in [0.29, 0.717) is 16.7 Å². The van der Waals surface area contributed by atoms with Crippen molar-refractivity contribution in [3.05, 3.63) is 22.7 Å². The third-order valence-electron chi connectivity index (χ3n) is 2.55. The van der Waals surface area contributed by atoms with Crippen molar-refractivity contribution in [2.45, 2.75) is 18.0 Å². The largest absolute Gasteiger partial charge is 0.573 e. The van der Waals surface area contributed by atoms with Gasteiger partial charge in [-0.3, -0.25) is 4.79 Å². The smallest absolute Gasteiger partial charge is 0.406 e.